The second-order valence-electron chi connectivity index (χ2n) is 4.21. The highest BCUT2D eigenvalue weighted by Crippen LogP contribution is 2.30. The van der Waals surface area contributed by atoms with Crippen molar-refractivity contribution in [2.45, 2.75) is 29.9 Å². The summed E-state index contributed by atoms with van der Waals surface area (Å²) in [5.41, 5.74) is 1.06. The van der Waals surface area contributed by atoms with Gasteiger partial charge in [0.2, 0.25) is 11.0 Å². The fraction of sp³-hybridized carbons (Fsp3) is 0.308. The molecule has 112 valence electrons. The molecule has 4 nitrogen and oxygen atoms in total. The zero-order chi connectivity index (χ0) is 15.2. The van der Waals surface area contributed by atoms with Crippen molar-refractivity contribution in [2.24, 2.45) is 0 Å². The van der Waals surface area contributed by atoms with Crippen molar-refractivity contribution in [1.29, 1.82) is 0 Å². The number of rotatable bonds is 6. The molecule has 1 heterocycles. The van der Waals surface area contributed by atoms with Gasteiger partial charge in [0.15, 0.2) is 4.34 Å². The number of nitrogens with one attached hydrogen (secondary N) is 1. The third kappa shape index (κ3) is 5.14. The summed E-state index contributed by atoms with van der Waals surface area (Å²) in [5.74, 6) is 0.684. The zero-order valence-electron chi connectivity index (χ0n) is 11.2. The van der Waals surface area contributed by atoms with Crippen LogP contribution < -0.4 is 5.32 Å². The minimum absolute atomic E-state index is 0.0327. The number of hydrogen-bond donors (Lipinski definition) is 1. The lowest BCUT2D eigenvalue weighted by molar-refractivity contribution is -0.116. The van der Waals surface area contributed by atoms with E-state index in [2.05, 4.69) is 15.5 Å². The number of amides is 1. The standard InChI is InChI=1S/C13H13Cl2N3OS2/c1-2-3-11(19)16-12-17-18-13(21-12)20-7-8-4-5-9(14)10(15)6-8/h4-6H,2-3,7H2,1H3,(H,16,17,19). The maximum absolute atomic E-state index is 11.5. The molecule has 1 aromatic carbocycles. The molecule has 0 unspecified atom stereocenters. The van der Waals surface area contributed by atoms with Gasteiger partial charge in [0.25, 0.3) is 0 Å². The first kappa shape index (κ1) is 16.5. The van der Waals surface area contributed by atoms with Gasteiger partial charge in [0, 0.05) is 12.2 Å². The summed E-state index contributed by atoms with van der Waals surface area (Å²) in [6, 6.07) is 5.53. The van der Waals surface area contributed by atoms with Crippen molar-refractivity contribution in [3.63, 3.8) is 0 Å². The number of hydrogen-bond acceptors (Lipinski definition) is 5. The summed E-state index contributed by atoms with van der Waals surface area (Å²) in [6.45, 7) is 1.96. The highest BCUT2D eigenvalue weighted by atomic mass is 35.5. The largest absolute Gasteiger partial charge is 0.301 e. The highest BCUT2D eigenvalue weighted by molar-refractivity contribution is 8.00. The van der Waals surface area contributed by atoms with Gasteiger partial charge in [-0.3, -0.25) is 4.79 Å². The molecule has 21 heavy (non-hydrogen) atoms. The Morgan fingerprint density at radius 3 is 2.86 bits per heavy atom. The number of benzene rings is 1. The minimum Gasteiger partial charge on any atom is -0.301 e. The molecule has 1 amide bonds. The van der Waals surface area contributed by atoms with Gasteiger partial charge in [-0.05, 0) is 24.1 Å². The molecule has 1 N–H and O–H groups in total. The number of carbonyl (C=O) groups excluding carboxylic acids is 1. The molecule has 2 aromatic rings. The van der Waals surface area contributed by atoms with Crippen LogP contribution in [0.5, 0.6) is 0 Å². The molecule has 2 rings (SSSR count). The lowest BCUT2D eigenvalue weighted by Gasteiger charge is -2.01. The van der Waals surface area contributed by atoms with Gasteiger partial charge < -0.3 is 5.32 Å². The molecule has 0 spiro atoms. The Morgan fingerprint density at radius 1 is 1.33 bits per heavy atom. The summed E-state index contributed by atoms with van der Waals surface area (Å²) >= 11 is 14.8. The fourth-order valence-corrected chi connectivity index (χ4v) is 3.53. The van der Waals surface area contributed by atoms with E-state index in [1.165, 1.54) is 11.3 Å². The Labute approximate surface area is 141 Å². The fourth-order valence-electron chi connectivity index (χ4n) is 1.50. The van der Waals surface area contributed by atoms with Crippen molar-refractivity contribution < 1.29 is 4.79 Å². The molecule has 0 aliphatic carbocycles. The van der Waals surface area contributed by atoms with E-state index in [0.29, 0.717) is 27.4 Å². The van der Waals surface area contributed by atoms with Gasteiger partial charge >= 0.3 is 0 Å². The van der Waals surface area contributed by atoms with E-state index in [0.717, 1.165) is 16.3 Å². The van der Waals surface area contributed by atoms with Crippen molar-refractivity contribution >= 4 is 57.3 Å². The normalized spacial score (nSPS) is 10.6. The van der Waals surface area contributed by atoms with Crippen LogP contribution in [0.25, 0.3) is 0 Å². The van der Waals surface area contributed by atoms with E-state index in [1.807, 2.05) is 19.1 Å². The summed E-state index contributed by atoms with van der Waals surface area (Å²) < 4.78 is 0.799. The third-order valence-electron chi connectivity index (χ3n) is 2.48. The van der Waals surface area contributed by atoms with Gasteiger partial charge in [0.1, 0.15) is 0 Å². The first-order chi connectivity index (χ1) is 10.1. The molecule has 0 fully saturated rings. The van der Waals surface area contributed by atoms with Crippen LogP contribution in [0.3, 0.4) is 0 Å². The molecule has 0 aliphatic rings. The van der Waals surface area contributed by atoms with Crippen LogP contribution in [-0.4, -0.2) is 16.1 Å². The topological polar surface area (TPSA) is 54.9 Å². The van der Waals surface area contributed by atoms with E-state index >= 15 is 0 Å². The molecule has 0 aliphatic heterocycles. The van der Waals surface area contributed by atoms with Crippen molar-refractivity contribution in [3.05, 3.63) is 33.8 Å². The highest BCUT2D eigenvalue weighted by Gasteiger charge is 2.08. The van der Waals surface area contributed by atoms with E-state index in [1.54, 1.807) is 17.8 Å². The average Bonchev–Trinajstić information content (AvgIpc) is 2.88. The Balaban J connectivity index is 1.90. The van der Waals surface area contributed by atoms with Crippen LogP contribution in [0.15, 0.2) is 22.5 Å². The lowest BCUT2D eigenvalue weighted by atomic mass is 10.2. The van der Waals surface area contributed by atoms with Crippen LogP contribution in [0, 0.1) is 0 Å². The van der Waals surface area contributed by atoms with Crippen LogP contribution in [0.2, 0.25) is 10.0 Å². The second-order valence-corrected chi connectivity index (χ2v) is 7.22. The summed E-state index contributed by atoms with van der Waals surface area (Å²) in [7, 11) is 0. The molecule has 0 saturated heterocycles. The first-order valence-electron chi connectivity index (χ1n) is 6.28. The SMILES string of the molecule is CCCC(=O)Nc1nnc(SCc2ccc(Cl)c(Cl)c2)s1. The van der Waals surface area contributed by atoms with Crippen LogP contribution in [0.4, 0.5) is 5.13 Å². The number of anilines is 1. The minimum atomic E-state index is -0.0327. The van der Waals surface area contributed by atoms with Crippen molar-refractivity contribution in [1.82, 2.24) is 10.2 Å². The van der Waals surface area contributed by atoms with E-state index in [9.17, 15) is 4.79 Å². The molecule has 1 aromatic heterocycles. The maximum Gasteiger partial charge on any atom is 0.226 e. The second kappa shape index (κ2) is 7.98. The lowest BCUT2D eigenvalue weighted by Crippen LogP contribution is -2.10. The predicted molar refractivity (Wildman–Crippen MR) is 89.5 cm³/mol. The van der Waals surface area contributed by atoms with Crippen molar-refractivity contribution in [2.75, 3.05) is 5.32 Å². The Kier molecular flexibility index (Phi) is 6.29. The quantitative estimate of drug-likeness (QED) is 0.588. The molecular formula is C13H13Cl2N3OS2. The van der Waals surface area contributed by atoms with Crippen molar-refractivity contribution in [3.8, 4) is 0 Å². The molecule has 0 radical (unpaired) electrons. The van der Waals surface area contributed by atoms with Gasteiger partial charge in [-0.15, -0.1) is 10.2 Å². The smallest absolute Gasteiger partial charge is 0.226 e. The molecule has 0 bridgehead atoms. The van der Waals surface area contributed by atoms with Crippen LogP contribution >= 0.6 is 46.3 Å². The van der Waals surface area contributed by atoms with Gasteiger partial charge in [0.05, 0.1) is 10.0 Å². The average molecular weight is 362 g/mol. The Bertz CT molecular complexity index is 634. The third-order valence-corrected chi connectivity index (χ3v) is 5.26. The molecule has 0 atom stereocenters. The summed E-state index contributed by atoms with van der Waals surface area (Å²) in [5, 5.41) is 12.3. The maximum atomic E-state index is 11.5. The Hall–Kier alpha value is -0.820. The molecule has 0 saturated carbocycles. The summed E-state index contributed by atoms with van der Waals surface area (Å²) in [6.07, 6.45) is 1.30. The Morgan fingerprint density at radius 2 is 2.14 bits per heavy atom. The predicted octanol–water partition coefficient (Wildman–Crippen LogP) is 4.88. The first-order valence-corrected chi connectivity index (χ1v) is 8.84. The van der Waals surface area contributed by atoms with Crippen LogP contribution in [-0.2, 0) is 10.5 Å². The number of carbonyl (C=O) groups is 1. The number of aromatic nitrogens is 2. The van der Waals surface area contributed by atoms with E-state index in [4.69, 9.17) is 23.2 Å². The summed E-state index contributed by atoms with van der Waals surface area (Å²) in [4.78, 5) is 11.5. The van der Waals surface area contributed by atoms with Gasteiger partial charge in [-0.2, -0.15) is 0 Å². The van der Waals surface area contributed by atoms with E-state index < -0.39 is 0 Å². The monoisotopic (exact) mass is 361 g/mol. The van der Waals surface area contributed by atoms with E-state index in [-0.39, 0.29) is 5.91 Å². The van der Waals surface area contributed by atoms with Gasteiger partial charge in [-0.1, -0.05) is 59.3 Å². The number of halogens is 2. The zero-order valence-corrected chi connectivity index (χ0v) is 14.4. The number of nitrogens with zero attached hydrogens (tertiary/aromatic N) is 2. The van der Waals surface area contributed by atoms with Gasteiger partial charge in [-0.25, -0.2) is 0 Å². The molecular weight excluding hydrogens is 349 g/mol. The number of thioether (sulfide) groups is 1. The van der Waals surface area contributed by atoms with Crippen LogP contribution in [0.1, 0.15) is 25.3 Å². The molecule has 8 heteroatoms.